The van der Waals surface area contributed by atoms with Gasteiger partial charge >= 0.3 is 0 Å². The van der Waals surface area contributed by atoms with Gasteiger partial charge in [0.2, 0.25) is 5.91 Å². The number of carbonyl (C=O) groups excluding carboxylic acids is 1. The molecule has 1 amide bonds. The molecule has 4 rings (SSSR count). The minimum absolute atomic E-state index is 0.141. The molecule has 0 aliphatic carbocycles. The quantitative estimate of drug-likeness (QED) is 0.807. The maximum atomic E-state index is 12.4. The predicted molar refractivity (Wildman–Crippen MR) is 98.5 cm³/mol. The first kappa shape index (κ1) is 17.3. The molecule has 7 heteroatoms. The van der Waals surface area contributed by atoms with Gasteiger partial charge in [-0.05, 0) is 31.4 Å². The van der Waals surface area contributed by atoms with E-state index < -0.39 is 0 Å². The van der Waals surface area contributed by atoms with Crippen LogP contribution in [-0.4, -0.2) is 45.3 Å². The number of nitrogens with zero attached hydrogens (tertiary/aromatic N) is 4. The van der Waals surface area contributed by atoms with Gasteiger partial charge in [0.1, 0.15) is 17.4 Å². The monoisotopic (exact) mass is 374 g/mol. The third-order valence-corrected chi connectivity index (χ3v) is 5.57. The lowest BCUT2D eigenvalue weighted by atomic mass is 9.95. The molecule has 1 saturated heterocycles. The highest BCUT2D eigenvalue weighted by Crippen LogP contribution is 2.29. The van der Waals surface area contributed by atoms with Crippen molar-refractivity contribution in [1.29, 1.82) is 0 Å². The number of piperidine rings is 1. The first-order valence-corrected chi connectivity index (χ1v) is 9.67. The van der Waals surface area contributed by atoms with Gasteiger partial charge in [-0.25, -0.2) is 0 Å². The topological polar surface area (TPSA) is 60.2 Å². The summed E-state index contributed by atoms with van der Waals surface area (Å²) in [6, 6.07) is 7.32. The maximum absolute atomic E-state index is 12.4. The highest BCUT2D eigenvalue weighted by molar-refractivity contribution is 6.32. The van der Waals surface area contributed by atoms with E-state index in [0.29, 0.717) is 29.7 Å². The van der Waals surface area contributed by atoms with Crippen molar-refractivity contribution in [1.82, 2.24) is 19.7 Å². The molecule has 1 aromatic heterocycles. The molecular formula is C19H23ClN4O2. The van der Waals surface area contributed by atoms with Gasteiger partial charge in [0.15, 0.2) is 0 Å². The van der Waals surface area contributed by atoms with Gasteiger partial charge in [-0.15, -0.1) is 10.2 Å². The Morgan fingerprint density at radius 1 is 1.19 bits per heavy atom. The molecule has 2 aliphatic heterocycles. The van der Waals surface area contributed by atoms with Crippen molar-refractivity contribution in [3.63, 3.8) is 0 Å². The fourth-order valence-corrected chi connectivity index (χ4v) is 4.02. The summed E-state index contributed by atoms with van der Waals surface area (Å²) < 4.78 is 7.91. The summed E-state index contributed by atoms with van der Waals surface area (Å²) in [5, 5.41) is 9.28. The second kappa shape index (κ2) is 7.66. The fraction of sp³-hybridized carbons (Fsp3) is 0.526. The normalized spacial score (nSPS) is 17.3. The SMILES string of the molecule is O=C(CCOc1ccccc1Cl)N1CCC(c2nnc3n2CCC3)CC1. The van der Waals surface area contributed by atoms with E-state index in [1.807, 2.05) is 23.1 Å². The largest absolute Gasteiger partial charge is 0.491 e. The van der Waals surface area contributed by atoms with Gasteiger partial charge in [-0.2, -0.15) is 0 Å². The summed E-state index contributed by atoms with van der Waals surface area (Å²) in [6.45, 7) is 2.94. The minimum atomic E-state index is 0.141. The molecule has 3 heterocycles. The zero-order valence-corrected chi connectivity index (χ0v) is 15.5. The van der Waals surface area contributed by atoms with E-state index in [4.69, 9.17) is 16.3 Å². The Kier molecular flexibility index (Phi) is 5.11. The molecule has 0 atom stereocenters. The van der Waals surface area contributed by atoms with Crippen LogP contribution in [0.2, 0.25) is 5.02 Å². The number of benzene rings is 1. The smallest absolute Gasteiger partial charge is 0.225 e. The predicted octanol–water partition coefficient (Wildman–Crippen LogP) is 3.05. The molecule has 0 unspecified atom stereocenters. The van der Waals surface area contributed by atoms with E-state index in [9.17, 15) is 4.79 Å². The van der Waals surface area contributed by atoms with Gasteiger partial charge in [-0.3, -0.25) is 4.79 Å². The lowest BCUT2D eigenvalue weighted by Gasteiger charge is -2.31. The number of fused-ring (bicyclic) bond motifs is 1. The number of likely N-dealkylation sites (tertiary alicyclic amines) is 1. The molecule has 1 aromatic carbocycles. The molecule has 2 aromatic rings. The zero-order chi connectivity index (χ0) is 17.9. The van der Waals surface area contributed by atoms with Crippen LogP contribution in [0.5, 0.6) is 5.75 Å². The number of aryl methyl sites for hydroxylation is 1. The number of ether oxygens (including phenoxy) is 1. The lowest BCUT2D eigenvalue weighted by molar-refractivity contribution is -0.132. The van der Waals surface area contributed by atoms with Crippen molar-refractivity contribution in [2.75, 3.05) is 19.7 Å². The summed E-state index contributed by atoms with van der Waals surface area (Å²) >= 11 is 6.06. The highest BCUT2D eigenvalue weighted by Gasteiger charge is 2.29. The van der Waals surface area contributed by atoms with Gasteiger partial charge < -0.3 is 14.2 Å². The number of amides is 1. The van der Waals surface area contributed by atoms with E-state index in [-0.39, 0.29) is 5.91 Å². The number of carbonyl (C=O) groups is 1. The Bertz CT molecular complexity index is 784. The van der Waals surface area contributed by atoms with Gasteiger partial charge in [0.05, 0.1) is 18.1 Å². The molecule has 1 fully saturated rings. The van der Waals surface area contributed by atoms with Crippen LogP contribution in [-0.2, 0) is 17.8 Å². The Morgan fingerprint density at radius 2 is 2.00 bits per heavy atom. The van der Waals surface area contributed by atoms with E-state index >= 15 is 0 Å². The summed E-state index contributed by atoms with van der Waals surface area (Å²) in [6.07, 6.45) is 4.48. The molecular weight excluding hydrogens is 352 g/mol. The second-order valence-corrected chi connectivity index (χ2v) is 7.32. The summed E-state index contributed by atoms with van der Waals surface area (Å²) in [5.41, 5.74) is 0. The average Bonchev–Trinajstić information content (AvgIpc) is 3.27. The average molecular weight is 375 g/mol. The second-order valence-electron chi connectivity index (χ2n) is 6.91. The zero-order valence-electron chi connectivity index (χ0n) is 14.7. The van der Waals surface area contributed by atoms with Crippen molar-refractivity contribution >= 4 is 17.5 Å². The number of halogens is 1. The van der Waals surface area contributed by atoms with Crippen LogP contribution in [0.4, 0.5) is 0 Å². The van der Waals surface area contributed by atoms with E-state index in [1.165, 1.54) is 6.42 Å². The summed E-state index contributed by atoms with van der Waals surface area (Å²) in [7, 11) is 0. The number of aromatic nitrogens is 3. The van der Waals surface area contributed by atoms with Gasteiger partial charge in [0.25, 0.3) is 0 Å². The van der Waals surface area contributed by atoms with Crippen LogP contribution in [0, 0.1) is 0 Å². The highest BCUT2D eigenvalue weighted by atomic mass is 35.5. The number of hydrogen-bond donors (Lipinski definition) is 0. The molecule has 0 radical (unpaired) electrons. The molecule has 6 nitrogen and oxygen atoms in total. The third kappa shape index (κ3) is 3.56. The first-order chi connectivity index (χ1) is 12.7. The van der Waals surface area contributed by atoms with Crippen LogP contribution >= 0.6 is 11.6 Å². The van der Waals surface area contributed by atoms with Crippen molar-refractivity contribution in [3.05, 3.63) is 40.9 Å². The van der Waals surface area contributed by atoms with Crippen LogP contribution in [0.1, 0.15) is 43.3 Å². The molecule has 0 N–H and O–H groups in total. The molecule has 2 aliphatic rings. The Morgan fingerprint density at radius 3 is 2.81 bits per heavy atom. The Hall–Kier alpha value is -2.08. The maximum Gasteiger partial charge on any atom is 0.225 e. The van der Waals surface area contributed by atoms with E-state index in [1.54, 1.807) is 6.07 Å². The Labute approximate surface area is 158 Å². The van der Waals surface area contributed by atoms with Crippen molar-refractivity contribution < 1.29 is 9.53 Å². The number of para-hydroxylation sites is 1. The number of rotatable bonds is 5. The summed E-state index contributed by atoms with van der Waals surface area (Å²) in [4.78, 5) is 14.4. The van der Waals surface area contributed by atoms with Crippen LogP contribution in [0.3, 0.4) is 0 Å². The fourth-order valence-electron chi connectivity index (χ4n) is 3.83. The lowest BCUT2D eigenvalue weighted by Crippen LogP contribution is -2.38. The van der Waals surface area contributed by atoms with Crippen molar-refractivity contribution in [3.8, 4) is 5.75 Å². The minimum Gasteiger partial charge on any atom is -0.491 e. The van der Waals surface area contributed by atoms with Crippen LogP contribution < -0.4 is 4.74 Å². The Balaban J connectivity index is 1.25. The molecule has 0 bridgehead atoms. The molecule has 26 heavy (non-hydrogen) atoms. The summed E-state index contributed by atoms with van der Waals surface area (Å²) in [5.74, 6) is 3.42. The van der Waals surface area contributed by atoms with Crippen LogP contribution in [0.15, 0.2) is 24.3 Å². The van der Waals surface area contributed by atoms with Gasteiger partial charge in [-0.1, -0.05) is 23.7 Å². The van der Waals surface area contributed by atoms with Crippen molar-refractivity contribution in [2.24, 2.45) is 0 Å². The number of hydrogen-bond acceptors (Lipinski definition) is 4. The van der Waals surface area contributed by atoms with Crippen LogP contribution in [0.25, 0.3) is 0 Å². The third-order valence-electron chi connectivity index (χ3n) is 5.26. The standard InChI is InChI=1S/C19H23ClN4O2/c20-15-4-1-2-5-16(15)26-13-9-18(25)23-11-7-14(8-12-23)19-22-21-17-6-3-10-24(17)19/h1-2,4-5,14H,3,6-13H2. The van der Waals surface area contributed by atoms with Crippen molar-refractivity contribution in [2.45, 2.75) is 44.6 Å². The molecule has 0 saturated carbocycles. The van der Waals surface area contributed by atoms with E-state index in [2.05, 4.69) is 14.8 Å². The first-order valence-electron chi connectivity index (χ1n) is 9.29. The van der Waals surface area contributed by atoms with E-state index in [0.717, 1.165) is 50.5 Å². The van der Waals surface area contributed by atoms with Gasteiger partial charge in [0, 0.05) is 32.0 Å². The molecule has 0 spiro atoms. The molecule has 138 valence electrons.